The second-order valence-electron chi connectivity index (χ2n) is 2.23. The van der Waals surface area contributed by atoms with Gasteiger partial charge in [0, 0.05) is 18.3 Å². The predicted octanol–water partition coefficient (Wildman–Crippen LogP) is 0.521. The van der Waals surface area contributed by atoms with Crippen molar-refractivity contribution in [3.8, 4) is 5.75 Å². The Morgan fingerprint density at radius 1 is 1.60 bits per heavy atom. The van der Waals surface area contributed by atoms with Gasteiger partial charge in [0.1, 0.15) is 0 Å². The van der Waals surface area contributed by atoms with Crippen molar-refractivity contribution in [1.82, 2.24) is 10.5 Å². The molecule has 10 heavy (non-hydrogen) atoms. The van der Waals surface area contributed by atoms with Gasteiger partial charge in [0.2, 0.25) is 0 Å². The molecular formula is C7H8N2O. The van der Waals surface area contributed by atoms with Crippen LogP contribution in [0.25, 0.3) is 0 Å². The summed E-state index contributed by atoms with van der Waals surface area (Å²) in [5.41, 5.74) is 4.03. The Labute approximate surface area is 59.0 Å². The second kappa shape index (κ2) is 2.27. The maximum Gasteiger partial charge on any atom is 0.168 e. The number of rotatable bonds is 0. The Morgan fingerprint density at radius 2 is 2.60 bits per heavy atom. The van der Waals surface area contributed by atoms with Gasteiger partial charge in [0.15, 0.2) is 5.75 Å². The summed E-state index contributed by atoms with van der Waals surface area (Å²) in [5, 5.41) is 0. The lowest BCUT2D eigenvalue weighted by molar-refractivity contribution is 0.179. The maximum absolute atomic E-state index is 5.11. The van der Waals surface area contributed by atoms with Crippen LogP contribution in [0.15, 0.2) is 18.5 Å². The molecule has 2 heterocycles. The van der Waals surface area contributed by atoms with Crippen molar-refractivity contribution in [3.63, 3.8) is 0 Å². The van der Waals surface area contributed by atoms with Crippen molar-refractivity contribution in [1.29, 1.82) is 0 Å². The van der Waals surface area contributed by atoms with Gasteiger partial charge in [-0.15, -0.1) is 0 Å². The summed E-state index contributed by atoms with van der Waals surface area (Å²) in [4.78, 5) is 9.04. The Hall–Kier alpha value is -1.09. The summed E-state index contributed by atoms with van der Waals surface area (Å²) in [6, 6.07) is 1.98. The van der Waals surface area contributed by atoms with Crippen LogP contribution in [0.5, 0.6) is 5.75 Å². The first kappa shape index (κ1) is 5.68. The Kier molecular flexibility index (Phi) is 1.29. The summed E-state index contributed by atoms with van der Waals surface area (Å²) >= 11 is 0. The van der Waals surface area contributed by atoms with Gasteiger partial charge in [-0.3, -0.25) is 4.98 Å². The van der Waals surface area contributed by atoms with E-state index in [1.165, 1.54) is 5.56 Å². The Bertz CT molecular complexity index is 212. The smallest absolute Gasteiger partial charge is 0.168 e. The van der Waals surface area contributed by atoms with E-state index in [0.29, 0.717) is 0 Å². The first-order valence-electron chi connectivity index (χ1n) is 3.29. The molecule has 0 aliphatic carbocycles. The molecule has 2 rings (SSSR count). The molecule has 1 aromatic heterocycles. The summed E-state index contributed by atoms with van der Waals surface area (Å²) in [6.45, 7) is 0.886. The molecule has 1 N–H and O–H groups in total. The van der Waals surface area contributed by atoms with Crippen LogP contribution < -0.4 is 10.3 Å². The molecule has 3 heteroatoms. The van der Waals surface area contributed by atoms with Gasteiger partial charge in [0.05, 0.1) is 6.20 Å². The van der Waals surface area contributed by atoms with Crippen molar-refractivity contribution >= 4 is 0 Å². The van der Waals surface area contributed by atoms with Crippen molar-refractivity contribution in [3.05, 3.63) is 24.0 Å². The van der Waals surface area contributed by atoms with Crippen molar-refractivity contribution in [2.24, 2.45) is 0 Å². The summed E-state index contributed by atoms with van der Waals surface area (Å²) in [6.07, 6.45) is 4.53. The van der Waals surface area contributed by atoms with Gasteiger partial charge < -0.3 is 4.84 Å². The highest BCUT2D eigenvalue weighted by Crippen LogP contribution is 2.17. The van der Waals surface area contributed by atoms with E-state index < -0.39 is 0 Å². The van der Waals surface area contributed by atoms with Gasteiger partial charge in [-0.2, -0.15) is 5.48 Å². The first-order valence-corrected chi connectivity index (χ1v) is 3.29. The monoisotopic (exact) mass is 136 g/mol. The molecule has 1 aromatic rings. The molecule has 52 valence electrons. The number of nitrogens with zero attached hydrogens (tertiary/aromatic N) is 1. The second-order valence-corrected chi connectivity index (χ2v) is 2.23. The Morgan fingerprint density at radius 3 is 3.50 bits per heavy atom. The topological polar surface area (TPSA) is 34.1 Å². The van der Waals surface area contributed by atoms with Crippen LogP contribution >= 0.6 is 0 Å². The predicted molar refractivity (Wildman–Crippen MR) is 36.6 cm³/mol. The SMILES string of the molecule is c1cc2c(cn1)ONCC2. The highest BCUT2D eigenvalue weighted by Gasteiger charge is 2.07. The van der Waals surface area contributed by atoms with Crippen LogP contribution in [0.4, 0.5) is 0 Å². The van der Waals surface area contributed by atoms with Crippen LogP contribution in [-0.4, -0.2) is 11.5 Å². The van der Waals surface area contributed by atoms with Crippen LogP contribution in [0.3, 0.4) is 0 Å². The van der Waals surface area contributed by atoms with E-state index in [1.54, 1.807) is 12.4 Å². The van der Waals surface area contributed by atoms with Crippen molar-refractivity contribution < 1.29 is 4.84 Å². The third-order valence-corrected chi connectivity index (χ3v) is 1.55. The largest absolute Gasteiger partial charge is 0.407 e. The zero-order valence-corrected chi connectivity index (χ0v) is 5.50. The maximum atomic E-state index is 5.11. The molecule has 0 saturated carbocycles. The number of hydrogen-bond donors (Lipinski definition) is 1. The highest BCUT2D eigenvalue weighted by molar-refractivity contribution is 5.30. The molecule has 0 radical (unpaired) electrons. The van der Waals surface area contributed by atoms with Gasteiger partial charge in [-0.1, -0.05) is 0 Å². The van der Waals surface area contributed by atoms with Crippen LogP contribution in [0.1, 0.15) is 5.56 Å². The molecular weight excluding hydrogens is 128 g/mol. The lowest BCUT2D eigenvalue weighted by Gasteiger charge is -2.15. The first-order chi connectivity index (χ1) is 4.97. The summed E-state index contributed by atoms with van der Waals surface area (Å²) in [7, 11) is 0. The van der Waals surface area contributed by atoms with Crippen LogP contribution in [-0.2, 0) is 6.42 Å². The Balaban J connectivity index is 2.41. The third-order valence-electron chi connectivity index (χ3n) is 1.55. The normalized spacial score (nSPS) is 15.6. The molecule has 0 spiro atoms. The molecule has 0 saturated heterocycles. The fourth-order valence-electron chi connectivity index (χ4n) is 1.02. The fraction of sp³-hybridized carbons (Fsp3) is 0.286. The molecule has 0 bridgehead atoms. The van der Waals surface area contributed by atoms with E-state index in [-0.39, 0.29) is 0 Å². The lowest BCUT2D eigenvalue weighted by atomic mass is 10.2. The highest BCUT2D eigenvalue weighted by atomic mass is 16.6. The number of aromatic nitrogens is 1. The zero-order chi connectivity index (χ0) is 6.81. The van der Waals surface area contributed by atoms with E-state index in [1.807, 2.05) is 6.07 Å². The number of hydroxylamine groups is 1. The zero-order valence-electron chi connectivity index (χ0n) is 5.50. The fourth-order valence-corrected chi connectivity index (χ4v) is 1.02. The van der Waals surface area contributed by atoms with Gasteiger partial charge in [0.25, 0.3) is 0 Å². The van der Waals surface area contributed by atoms with E-state index >= 15 is 0 Å². The van der Waals surface area contributed by atoms with Gasteiger partial charge in [-0.25, -0.2) is 0 Å². The minimum absolute atomic E-state index is 0.855. The molecule has 0 fully saturated rings. The number of nitrogens with one attached hydrogen (secondary N) is 1. The van der Waals surface area contributed by atoms with E-state index in [9.17, 15) is 0 Å². The number of hydrogen-bond acceptors (Lipinski definition) is 3. The average molecular weight is 136 g/mol. The average Bonchev–Trinajstić information content (AvgIpc) is 2.05. The molecule has 0 atom stereocenters. The molecule has 1 aliphatic heterocycles. The van der Waals surface area contributed by atoms with Crippen LogP contribution in [0, 0.1) is 0 Å². The molecule has 0 aromatic carbocycles. The third kappa shape index (κ3) is 0.844. The lowest BCUT2D eigenvalue weighted by Crippen LogP contribution is -2.26. The number of pyridine rings is 1. The van der Waals surface area contributed by atoms with Gasteiger partial charge in [-0.05, 0) is 12.5 Å². The molecule has 0 unspecified atom stereocenters. The molecule has 1 aliphatic rings. The molecule has 3 nitrogen and oxygen atoms in total. The summed E-state index contributed by atoms with van der Waals surface area (Å²) < 4.78 is 0. The van der Waals surface area contributed by atoms with Gasteiger partial charge >= 0.3 is 0 Å². The standard InChI is InChI=1S/C7H8N2O/c1-3-8-5-7-6(1)2-4-9-10-7/h1,3,5,9H,2,4H2. The van der Waals surface area contributed by atoms with Crippen molar-refractivity contribution in [2.75, 3.05) is 6.54 Å². The van der Waals surface area contributed by atoms with Crippen molar-refractivity contribution in [2.45, 2.75) is 6.42 Å². The molecule has 0 amide bonds. The van der Waals surface area contributed by atoms with E-state index in [2.05, 4.69) is 10.5 Å². The van der Waals surface area contributed by atoms with E-state index in [0.717, 1.165) is 18.7 Å². The minimum Gasteiger partial charge on any atom is -0.407 e. The quantitative estimate of drug-likeness (QED) is 0.564. The number of fused-ring (bicyclic) bond motifs is 1. The van der Waals surface area contributed by atoms with Crippen LogP contribution in [0.2, 0.25) is 0 Å². The minimum atomic E-state index is 0.855. The van der Waals surface area contributed by atoms with E-state index in [4.69, 9.17) is 4.84 Å². The summed E-state index contributed by atoms with van der Waals surface area (Å²) in [5.74, 6) is 0.855.